The fourth-order valence-electron chi connectivity index (χ4n) is 4.13. The van der Waals surface area contributed by atoms with E-state index >= 15 is 0 Å². The average Bonchev–Trinajstić information content (AvgIpc) is 3.45. The first-order chi connectivity index (χ1) is 15.6. The molecule has 1 fully saturated rings. The van der Waals surface area contributed by atoms with E-state index < -0.39 is 0 Å². The van der Waals surface area contributed by atoms with E-state index in [1.807, 2.05) is 39.8 Å². The number of ether oxygens (including phenoxy) is 1. The molecule has 1 aromatic heterocycles. The van der Waals surface area contributed by atoms with Crippen LogP contribution in [0.25, 0.3) is 11.4 Å². The van der Waals surface area contributed by atoms with Gasteiger partial charge in [-0.3, -0.25) is 9.36 Å². The molecule has 0 radical (unpaired) electrons. The summed E-state index contributed by atoms with van der Waals surface area (Å²) in [5, 5.41) is 9.52. The Bertz CT molecular complexity index is 1090. The van der Waals surface area contributed by atoms with Gasteiger partial charge < -0.3 is 9.64 Å². The van der Waals surface area contributed by atoms with Crippen LogP contribution in [-0.2, 0) is 11.3 Å². The summed E-state index contributed by atoms with van der Waals surface area (Å²) in [6.45, 7) is 7.30. The quantitative estimate of drug-likeness (QED) is 0.362. The molecule has 1 unspecified atom stereocenters. The summed E-state index contributed by atoms with van der Waals surface area (Å²) in [6, 6.07) is 16.3. The number of carbonyl (C=O) groups excluding carboxylic acids is 1. The molecule has 4 rings (SSSR count). The lowest BCUT2D eigenvalue weighted by molar-refractivity contribution is -0.129. The van der Waals surface area contributed by atoms with E-state index in [0.29, 0.717) is 12.3 Å². The number of methoxy groups -OCH3 is 1. The number of benzene rings is 2. The molecule has 2 heterocycles. The molecule has 166 valence electrons. The first kappa shape index (κ1) is 22.1. The van der Waals surface area contributed by atoms with Crippen molar-refractivity contribution in [2.24, 2.45) is 0 Å². The van der Waals surface area contributed by atoms with Crippen LogP contribution >= 0.6 is 11.8 Å². The fourth-order valence-corrected chi connectivity index (χ4v) is 4.97. The molecule has 1 aliphatic heterocycles. The number of carbonyl (C=O) groups is 1. The Kier molecular flexibility index (Phi) is 6.95. The van der Waals surface area contributed by atoms with Gasteiger partial charge in [0.15, 0.2) is 11.0 Å². The molecule has 3 aromatic rings. The van der Waals surface area contributed by atoms with Crippen molar-refractivity contribution in [1.82, 2.24) is 19.7 Å². The molecular weight excluding hydrogens is 420 g/mol. The van der Waals surface area contributed by atoms with Crippen LogP contribution in [0.15, 0.2) is 66.3 Å². The Hall–Kier alpha value is -3.06. The monoisotopic (exact) mass is 448 g/mol. The van der Waals surface area contributed by atoms with Gasteiger partial charge in [0.2, 0.25) is 5.91 Å². The summed E-state index contributed by atoms with van der Waals surface area (Å²) in [4.78, 5) is 15.1. The molecule has 1 aliphatic rings. The number of thioether (sulfide) groups is 1. The Balaban J connectivity index is 1.48. The summed E-state index contributed by atoms with van der Waals surface area (Å²) in [5.74, 6) is 2.07. The fraction of sp³-hybridized carbons (Fsp3) is 0.320. The SMILES string of the molecule is C=CCn1c(SCC(=O)N2CCCC2c2ccc(OC)cc2)nnc1-c1cccc(C)c1. The normalized spacial score (nSPS) is 15.7. The van der Waals surface area contributed by atoms with E-state index in [2.05, 4.69) is 48.0 Å². The van der Waals surface area contributed by atoms with Crippen molar-refractivity contribution in [2.75, 3.05) is 19.4 Å². The second-order valence-electron chi connectivity index (χ2n) is 7.88. The van der Waals surface area contributed by atoms with Crippen molar-refractivity contribution >= 4 is 17.7 Å². The molecule has 1 saturated heterocycles. The van der Waals surface area contributed by atoms with E-state index in [1.165, 1.54) is 17.3 Å². The number of allylic oxidation sites excluding steroid dienone is 1. The molecule has 32 heavy (non-hydrogen) atoms. The standard InChI is InChI=1S/C25H28N4O2S/c1-4-14-29-24(20-8-5-7-18(2)16-20)26-27-25(29)32-17-23(30)28-15-6-9-22(28)19-10-12-21(31-3)13-11-19/h4-5,7-8,10-13,16,22H,1,6,9,14-15,17H2,2-3H3. The van der Waals surface area contributed by atoms with Crippen LogP contribution < -0.4 is 4.74 Å². The highest BCUT2D eigenvalue weighted by atomic mass is 32.2. The Labute approximate surface area is 193 Å². The summed E-state index contributed by atoms with van der Waals surface area (Å²) < 4.78 is 7.28. The van der Waals surface area contributed by atoms with E-state index in [-0.39, 0.29) is 11.9 Å². The van der Waals surface area contributed by atoms with Gasteiger partial charge in [-0.05, 0) is 43.5 Å². The van der Waals surface area contributed by atoms with Crippen molar-refractivity contribution in [3.63, 3.8) is 0 Å². The number of nitrogens with zero attached hydrogens (tertiary/aromatic N) is 4. The van der Waals surface area contributed by atoms with Gasteiger partial charge in [-0.1, -0.05) is 53.7 Å². The molecular formula is C25H28N4O2S. The summed E-state index contributed by atoms with van der Waals surface area (Å²) in [5.41, 5.74) is 3.33. The van der Waals surface area contributed by atoms with Crippen LogP contribution in [0.3, 0.4) is 0 Å². The largest absolute Gasteiger partial charge is 0.497 e. The van der Waals surface area contributed by atoms with Crippen LogP contribution in [-0.4, -0.2) is 45.0 Å². The number of hydrogen-bond donors (Lipinski definition) is 0. The first-order valence-electron chi connectivity index (χ1n) is 10.8. The molecule has 1 atom stereocenters. The van der Waals surface area contributed by atoms with E-state index in [9.17, 15) is 4.79 Å². The minimum absolute atomic E-state index is 0.114. The maximum absolute atomic E-state index is 13.1. The lowest BCUT2D eigenvalue weighted by Crippen LogP contribution is -2.32. The molecule has 6 nitrogen and oxygen atoms in total. The van der Waals surface area contributed by atoms with Crippen molar-refractivity contribution in [3.05, 3.63) is 72.3 Å². The highest BCUT2D eigenvalue weighted by molar-refractivity contribution is 7.99. The van der Waals surface area contributed by atoms with Crippen LogP contribution in [0, 0.1) is 6.92 Å². The lowest BCUT2D eigenvalue weighted by atomic mass is 10.0. The van der Waals surface area contributed by atoms with Gasteiger partial charge in [-0.15, -0.1) is 16.8 Å². The third-order valence-corrected chi connectivity index (χ3v) is 6.65. The zero-order valence-electron chi connectivity index (χ0n) is 18.5. The molecule has 1 amide bonds. The van der Waals surface area contributed by atoms with Gasteiger partial charge in [-0.25, -0.2) is 0 Å². The lowest BCUT2D eigenvalue weighted by Gasteiger charge is -2.25. The number of likely N-dealkylation sites (tertiary alicyclic amines) is 1. The van der Waals surface area contributed by atoms with Crippen LogP contribution in [0.1, 0.15) is 30.0 Å². The van der Waals surface area contributed by atoms with E-state index in [0.717, 1.165) is 47.2 Å². The molecule has 0 N–H and O–H groups in total. The summed E-state index contributed by atoms with van der Waals surface area (Å²) in [6.07, 6.45) is 3.82. The first-order valence-corrected chi connectivity index (χ1v) is 11.8. The van der Waals surface area contributed by atoms with Crippen molar-refractivity contribution in [1.29, 1.82) is 0 Å². The summed E-state index contributed by atoms with van der Waals surface area (Å²) >= 11 is 1.44. The number of aromatic nitrogens is 3. The van der Waals surface area contributed by atoms with Gasteiger partial charge in [-0.2, -0.15) is 0 Å². The van der Waals surface area contributed by atoms with Crippen LogP contribution in [0.5, 0.6) is 5.75 Å². The molecule has 7 heteroatoms. The minimum atomic E-state index is 0.114. The smallest absolute Gasteiger partial charge is 0.233 e. The van der Waals surface area contributed by atoms with Gasteiger partial charge in [0.05, 0.1) is 18.9 Å². The topological polar surface area (TPSA) is 60.2 Å². The van der Waals surface area contributed by atoms with Crippen molar-refractivity contribution < 1.29 is 9.53 Å². The Morgan fingerprint density at radius 3 is 2.78 bits per heavy atom. The van der Waals surface area contributed by atoms with Crippen LogP contribution in [0.2, 0.25) is 0 Å². The number of hydrogen-bond acceptors (Lipinski definition) is 5. The highest BCUT2D eigenvalue weighted by Gasteiger charge is 2.30. The zero-order valence-corrected chi connectivity index (χ0v) is 19.3. The van der Waals surface area contributed by atoms with Crippen molar-refractivity contribution in [3.8, 4) is 17.1 Å². The maximum Gasteiger partial charge on any atom is 0.233 e. The maximum atomic E-state index is 13.1. The number of rotatable bonds is 8. The predicted molar refractivity (Wildman–Crippen MR) is 128 cm³/mol. The molecule has 0 saturated carbocycles. The third kappa shape index (κ3) is 4.72. The third-order valence-electron chi connectivity index (χ3n) is 5.70. The number of amides is 1. The molecule has 2 aromatic carbocycles. The van der Waals surface area contributed by atoms with Gasteiger partial charge in [0, 0.05) is 18.7 Å². The second kappa shape index (κ2) is 10.0. The number of aryl methyl sites for hydroxylation is 1. The predicted octanol–water partition coefficient (Wildman–Crippen LogP) is 4.90. The second-order valence-corrected chi connectivity index (χ2v) is 8.82. The molecule has 0 bridgehead atoms. The average molecular weight is 449 g/mol. The van der Waals surface area contributed by atoms with E-state index in [4.69, 9.17) is 4.74 Å². The highest BCUT2D eigenvalue weighted by Crippen LogP contribution is 2.34. The minimum Gasteiger partial charge on any atom is -0.497 e. The van der Waals surface area contributed by atoms with Gasteiger partial charge >= 0.3 is 0 Å². The Morgan fingerprint density at radius 2 is 2.06 bits per heavy atom. The summed E-state index contributed by atoms with van der Waals surface area (Å²) in [7, 11) is 1.66. The van der Waals surface area contributed by atoms with Gasteiger partial charge in [0.1, 0.15) is 5.75 Å². The Morgan fingerprint density at radius 1 is 1.25 bits per heavy atom. The zero-order chi connectivity index (χ0) is 22.5. The molecule has 0 spiro atoms. The molecule has 0 aliphatic carbocycles. The van der Waals surface area contributed by atoms with Gasteiger partial charge in [0.25, 0.3) is 0 Å². The van der Waals surface area contributed by atoms with Crippen LogP contribution in [0.4, 0.5) is 0 Å². The van der Waals surface area contributed by atoms with E-state index in [1.54, 1.807) is 7.11 Å². The van der Waals surface area contributed by atoms with Crippen molar-refractivity contribution in [2.45, 2.75) is 37.5 Å².